The van der Waals surface area contributed by atoms with Crippen LogP contribution in [0, 0.1) is 0 Å². The number of carboxylic acid groups (broad SMARTS) is 1. The van der Waals surface area contributed by atoms with Gasteiger partial charge in [-0.15, -0.1) is 0 Å². The molecule has 17 heavy (non-hydrogen) atoms. The lowest BCUT2D eigenvalue weighted by atomic mass is 10.3. The van der Waals surface area contributed by atoms with Gasteiger partial charge in [0, 0.05) is 8.95 Å². The van der Waals surface area contributed by atoms with Gasteiger partial charge in [0.25, 0.3) is 0 Å². The average molecular weight is 387 g/mol. The predicted molar refractivity (Wildman–Crippen MR) is 71.5 cm³/mol. The van der Waals surface area contributed by atoms with Crippen LogP contribution in [-0.4, -0.2) is 25.2 Å². The van der Waals surface area contributed by atoms with Gasteiger partial charge >= 0.3 is 5.97 Å². The summed E-state index contributed by atoms with van der Waals surface area (Å²) in [5.74, 6) is -1.61. The number of nitrogens with one attached hydrogen (secondary N) is 1. The Morgan fingerprint density at radius 2 is 1.82 bits per heavy atom. The summed E-state index contributed by atoms with van der Waals surface area (Å²) in [6.07, 6.45) is -0.433. The first-order valence-corrected chi connectivity index (χ1v) is 7.72. The summed E-state index contributed by atoms with van der Waals surface area (Å²) in [7, 11) is -3.67. The first kappa shape index (κ1) is 14.5. The van der Waals surface area contributed by atoms with Crippen LogP contribution in [0.3, 0.4) is 0 Å². The number of para-hydroxylation sites is 1. The second kappa shape index (κ2) is 5.83. The summed E-state index contributed by atoms with van der Waals surface area (Å²) >= 11 is 6.41. The zero-order valence-electron chi connectivity index (χ0n) is 8.48. The summed E-state index contributed by atoms with van der Waals surface area (Å²) in [5.41, 5.74) is 0.359. The van der Waals surface area contributed by atoms with E-state index in [0.29, 0.717) is 14.6 Å². The van der Waals surface area contributed by atoms with Gasteiger partial charge in [0.2, 0.25) is 10.0 Å². The molecule has 94 valence electrons. The van der Waals surface area contributed by atoms with Crippen molar-refractivity contribution in [2.75, 3.05) is 10.5 Å². The summed E-state index contributed by atoms with van der Waals surface area (Å²) < 4.78 is 26.7. The fourth-order valence-corrected chi connectivity index (χ4v) is 3.56. The van der Waals surface area contributed by atoms with E-state index >= 15 is 0 Å². The van der Waals surface area contributed by atoms with Crippen molar-refractivity contribution >= 4 is 53.5 Å². The third-order valence-corrected chi connectivity index (χ3v) is 4.38. The second-order valence-electron chi connectivity index (χ2n) is 3.16. The van der Waals surface area contributed by atoms with E-state index in [2.05, 4.69) is 36.6 Å². The van der Waals surface area contributed by atoms with Gasteiger partial charge in [-0.05, 0) is 44.0 Å². The maximum Gasteiger partial charge on any atom is 0.304 e. The van der Waals surface area contributed by atoms with Crippen LogP contribution in [0.25, 0.3) is 0 Å². The molecule has 0 atom stereocenters. The summed E-state index contributed by atoms with van der Waals surface area (Å²) in [4.78, 5) is 10.3. The highest BCUT2D eigenvalue weighted by Gasteiger charge is 2.15. The average Bonchev–Trinajstić information content (AvgIpc) is 2.21. The van der Waals surface area contributed by atoms with E-state index in [4.69, 9.17) is 5.11 Å². The van der Waals surface area contributed by atoms with Crippen molar-refractivity contribution < 1.29 is 18.3 Å². The van der Waals surface area contributed by atoms with Gasteiger partial charge in [0.1, 0.15) is 0 Å². The molecule has 0 heterocycles. The van der Waals surface area contributed by atoms with Crippen molar-refractivity contribution in [1.82, 2.24) is 0 Å². The van der Waals surface area contributed by atoms with Crippen LogP contribution in [-0.2, 0) is 14.8 Å². The van der Waals surface area contributed by atoms with Gasteiger partial charge in [-0.25, -0.2) is 8.42 Å². The van der Waals surface area contributed by atoms with E-state index in [1.807, 2.05) is 0 Å². The van der Waals surface area contributed by atoms with Crippen LogP contribution in [0.4, 0.5) is 5.69 Å². The largest absolute Gasteiger partial charge is 0.481 e. The summed E-state index contributed by atoms with van der Waals surface area (Å²) in [5, 5.41) is 8.44. The molecule has 0 saturated heterocycles. The fourth-order valence-electron chi connectivity index (χ4n) is 1.02. The molecule has 0 amide bonds. The highest BCUT2D eigenvalue weighted by molar-refractivity contribution is 9.11. The van der Waals surface area contributed by atoms with Crippen molar-refractivity contribution in [3.63, 3.8) is 0 Å². The van der Waals surface area contributed by atoms with Crippen LogP contribution in [0.15, 0.2) is 27.1 Å². The molecule has 0 aliphatic heterocycles. The van der Waals surface area contributed by atoms with Crippen molar-refractivity contribution in [3.8, 4) is 0 Å². The zero-order valence-corrected chi connectivity index (χ0v) is 12.5. The van der Waals surface area contributed by atoms with E-state index in [1.54, 1.807) is 18.2 Å². The number of aliphatic carboxylic acids is 1. The molecule has 0 aliphatic carbocycles. The number of benzene rings is 1. The summed E-state index contributed by atoms with van der Waals surface area (Å²) in [6, 6.07) is 5.10. The minimum absolute atomic E-state index is 0.359. The minimum Gasteiger partial charge on any atom is -0.481 e. The summed E-state index contributed by atoms with van der Waals surface area (Å²) in [6.45, 7) is 0. The standard InChI is InChI=1S/C9H9Br2NO4S/c10-6-2-1-3-7(11)9(6)12-17(15,16)5-4-8(13)14/h1-3,12H,4-5H2,(H,13,14). The fraction of sp³-hybridized carbons (Fsp3) is 0.222. The lowest BCUT2D eigenvalue weighted by Crippen LogP contribution is -2.19. The molecule has 1 aromatic carbocycles. The Morgan fingerprint density at radius 1 is 1.29 bits per heavy atom. The molecule has 0 spiro atoms. The van der Waals surface area contributed by atoms with E-state index in [-0.39, 0.29) is 0 Å². The van der Waals surface area contributed by atoms with Crippen LogP contribution < -0.4 is 4.72 Å². The number of carbonyl (C=O) groups is 1. The maximum atomic E-state index is 11.6. The van der Waals surface area contributed by atoms with Crippen molar-refractivity contribution in [2.24, 2.45) is 0 Å². The molecule has 8 heteroatoms. The SMILES string of the molecule is O=C(O)CCS(=O)(=O)Nc1c(Br)cccc1Br. The zero-order chi connectivity index (χ0) is 13.1. The Bertz CT molecular complexity index is 510. The maximum absolute atomic E-state index is 11.6. The van der Waals surface area contributed by atoms with E-state index < -0.39 is 28.2 Å². The Hall–Kier alpha value is -0.600. The topological polar surface area (TPSA) is 83.5 Å². The molecule has 0 bridgehead atoms. The van der Waals surface area contributed by atoms with Crippen molar-refractivity contribution in [2.45, 2.75) is 6.42 Å². The molecule has 0 aromatic heterocycles. The van der Waals surface area contributed by atoms with Gasteiger partial charge in [0.05, 0.1) is 17.9 Å². The lowest BCUT2D eigenvalue weighted by molar-refractivity contribution is -0.136. The highest BCUT2D eigenvalue weighted by atomic mass is 79.9. The Balaban J connectivity index is 2.87. The van der Waals surface area contributed by atoms with Crippen molar-refractivity contribution in [1.29, 1.82) is 0 Å². The molecule has 1 aromatic rings. The molecule has 0 aliphatic rings. The van der Waals surface area contributed by atoms with E-state index in [9.17, 15) is 13.2 Å². The quantitative estimate of drug-likeness (QED) is 0.813. The van der Waals surface area contributed by atoms with Crippen LogP contribution >= 0.6 is 31.9 Å². The van der Waals surface area contributed by atoms with Gasteiger partial charge in [-0.1, -0.05) is 6.07 Å². The number of hydrogen-bond acceptors (Lipinski definition) is 3. The van der Waals surface area contributed by atoms with E-state index in [1.165, 1.54) is 0 Å². The Kier molecular flexibility index (Phi) is 4.96. The van der Waals surface area contributed by atoms with Gasteiger partial charge in [0.15, 0.2) is 0 Å². The smallest absolute Gasteiger partial charge is 0.304 e. The molecule has 5 nitrogen and oxygen atoms in total. The number of halogens is 2. The number of sulfonamides is 1. The first-order valence-electron chi connectivity index (χ1n) is 4.48. The minimum atomic E-state index is -3.67. The van der Waals surface area contributed by atoms with E-state index in [0.717, 1.165) is 0 Å². The molecule has 0 radical (unpaired) electrons. The van der Waals surface area contributed by atoms with Crippen LogP contribution in [0.1, 0.15) is 6.42 Å². The second-order valence-corrected chi connectivity index (χ2v) is 6.71. The van der Waals surface area contributed by atoms with Gasteiger partial charge in [-0.3, -0.25) is 9.52 Å². The van der Waals surface area contributed by atoms with Crippen LogP contribution in [0.2, 0.25) is 0 Å². The molecular formula is C9H9Br2NO4S. The third kappa shape index (κ3) is 4.64. The molecule has 2 N–H and O–H groups in total. The Morgan fingerprint density at radius 3 is 2.29 bits per heavy atom. The normalized spacial score (nSPS) is 11.2. The number of anilines is 1. The van der Waals surface area contributed by atoms with Crippen molar-refractivity contribution in [3.05, 3.63) is 27.1 Å². The number of carboxylic acids is 1. The molecular weight excluding hydrogens is 378 g/mol. The predicted octanol–water partition coefficient (Wildman–Crippen LogP) is 2.43. The third-order valence-electron chi connectivity index (χ3n) is 1.80. The van der Waals surface area contributed by atoms with Gasteiger partial charge in [-0.2, -0.15) is 0 Å². The molecule has 0 unspecified atom stereocenters. The number of hydrogen-bond donors (Lipinski definition) is 2. The van der Waals surface area contributed by atoms with Gasteiger partial charge < -0.3 is 5.11 Å². The lowest BCUT2D eigenvalue weighted by Gasteiger charge is -2.10. The molecule has 1 rings (SSSR count). The number of rotatable bonds is 5. The van der Waals surface area contributed by atoms with Crippen LogP contribution in [0.5, 0.6) is 0 Å². The monoisotopic (exact) mass is 385 g/mol. The molecule has 0 saturated carbocycles. The Labute approximate surface area is 116 Å². The highest BCUT2D eigenvalue weighted by Crippen LogP contribution is 2.31. The molecule has 0 fully saturated rings. The first-order chi connectivity index (χ1) is 7.82.